The van der Waals surface area contributed by atoms with E-state index in [0.717, 1.165) is 24.2 Å². The van der Waals surface area contributed by atoms with E-state index < -0.39 is 16.2 Å². The Kier molecular flexibility index (Phi) is 5.12. The predicted molar refractivity (Wildman–Crippen MR) is 71.4 cm³/mol. The summed E-state index contributed by atoms with van der Waals surface area (Å²) >= 11 is 0.893. The first-order valence-electron chi connectivity index (χ1n) is 5.44. The molecule has 1 heterocycles. The molecule has 1 aromatic rings. The van der Waals surface area contributed by atoms with Gasteiger partial charge in [0.05, 0.1) is 0 Å². The molecule has 0 fully saturated rings. The van der Waals surface area contributed by atoms with Gasteiger partial charge in [-0.3, -0.25) is 4.72 Å². The molecule has 0 saturated heterocycles. The van der Waals surface area contributed by atoms with Crippen LogP contribution in [0.15, 0.2) is 12.1 Å². The molecule has 0 aromatic carbocycles. The molecule has 0 spiro atoms. The third-order valence-corrected chi connectivity index (χ3v) is 4.88. The second-order valence-electron chi connectivity index (χ2n) is 3.75. The van der Waals surface area contributed by atoms with Gasteiger partial charge >= 0.3 is 16.2 Å². The number of rotatable bonds is 7. The number of thiophene rings is 1. The first-order chi connectivity index (χ1) is 8.36. The van der Waals surface area contributed by atoms with E-state index in [9.17, 15) is 13.2 Å². The monoisotopic (exact) mass is 292 g/mol. The van der Waals surface area contributed by atoms with Crippen molar-refractivity contribution in [2.75, 3.05) is 18.3 Å². The van der Waals surface area contributed by atoms with Crippen LogP contribution in [0.5, 0.6) is 0 Å². The van der Waals surface area contributed by atoms with E-state index in [-0.39, 0.29) is 4.88 Å². The highest BCUT2D eigenvalue weighted by Gasteiger charge is 2.18. The van der Waals surface area contributed by atoms with E-state index in [2.05, 4.69) is 4.72 Å². The minimum absolute atomic E-state index is 0.101. The van der Waals surface area contributed by atoms with E-state index in [4.69, 9.17) is 5.11 Å². The van der Waals surface area contributed by atoms with Gasteiger partial charge in [-0.1, -0.05) is 13.3 Å². The molecule has 0 atom stereocenters. The highest BCUT2D eigenvalue weighted by molar-refractivity contribution is 7.90. The Labute approximate surface area is 110 Å². The summed E-state index contributed by atoms with van der Waals surface area (Å²) in [6.07, 6.45) is 1.68. The smallest absolute Gasteiger partial charge is 0.345 e. The topological polar surface area (TPSA) is 86.7 Å². The summed E-state index contributed by atoms with van der Waals surface area (Å²) in [5.41, 5.74) is 0. The second-order valence-corrected chi connectivity index (χ2v) is 6.61. The summed E-state index contributed by atoms with van der Waals surface area (Å²) in [6, 6.07) is 2.82. The Bertz CT molecular complexity index is 510. The van der Waals surface area contributed by atoms with Crippen molar-refractivity contribution in [3.8, 4) is 0 Å². The third-order valence-electron chi connectivity index (χ3n) is 2.28. The number of anilines is 1. The third kappa shape index (κ3) is 3.97. The van der Waals surface area contributed by atoms with Crippen LogP contribution in [-0.2, 0) is 10.2 Å². The summed E-state index contributed by atoms with van der Waals surface area (Å²) in [5, 5.41) is 9.05. The average Bonchev–Trinajstić information content (AvgIpc) is 2.73. The molecule has 0 unspecified atom stereocenters. The van der Waals surface area contributed by atoms with Crippen molar-refractivity contribution < 1.29 is 18.3 Å². The van der Waals surface area contributed by atoms with Crippen molar-refractivity contribution >= 4 is 32.5 Å². The minimum atomic E-state index is -3.60. The van der Waals surface area contributed by atoms with E-state index in [0.29, 0.717) is 11.5 Å². The molecule has 0 aliphatic carbocycles. The van der Waals surface area contributed by atoms with Gasteiger partial charge in [-0.05, 0) is 18.6 Å². The highest BCUT2D eigenvalue weighted by atomic mass is 32.2. The first-order valence-corrected chi connectivity index (χ1v) is 7.69. The zero-order valence-corrected chi connectivity index (χ0v) is 11.8. The molecule has 18 heavy (non-hydrogen) atoms. The molecular weight excluding hydrogens is 276 g/mol. The van der Waals surface area contributed by atoms with Gasteiger partial charge in [-0.15, -0.1) is 11.3 Å². The molecule has 0 saturated carbocycles. The number of carbonyl (C=O) groups is 1. The van der Waals surface area contributed by atoms with Gasteiger partial charge in [-0.2, -0.15) is 12.7 Å². The van der Waals surface area contributed by atoms with Crippen molar-refractivity contribution in [3.05, 3.63) is 17.0 Å². The zero-order valence-electron chi connectivity index (χ0n) is 10.2. The van der Waals surface area contributed by atoms with Crippen LogP contribution in [0.2, 0.25) is 0 Å². The van der Waals surface area contributed by atoms with Gasteiger partial charge in [-0.25, -0.2) is 4.79 Å². The van der Waals surface area contributed by atoms with Crippen molar-refractivity contribution in [2.24, 2.45) is 0 Å². The minimum Gasteiger partial charge on any atom is -0.477 e. The number of unbranched alkanes of at least 4 members (excludes halogenated alkanes) is 1. The number of nitrogens with one attached hydrogen (secondary N) is 1. The maximum atomic E-state index is 11.9. The number of hydrogen-bond acceptors (Lipinski definition) is 4. The number of aromatic carboxylic acids is 1. The number of carboxylic acid groups (broad SMARTS) is 1. The van der Waals surface area contributed by atoms with Crippen LogP contribution in [0.4, 0.5) is 5.00 Å². The van der Waals surface area contributed by atoms with Crippen LogP contribution in [0.25, 0.3) is 0 Å². The fourth-order valence-electron chi connectivity index (χ4n) is 1.21. The molecule has 0 aliphatic rings. The SMILES string of the molecule is CCCCN(C)S(=O)(=O)Nc1ccc(C(=O)O)s1. The Hall–Kier alpha value is -1.12. The molecule has 0 bridgehead atoms. The molecule has 1 aromatic heterocycles. The average molecular weight is 292 g/mol. The van der Waals surface area contributed by atoms with Crippen LogP contribution in [-0.4, -0.2) is 37.4 Å². The van der Waals surface area contributed by atoms with Crippen LogP contribution in [0, 0.1) is 0 Å². The molecule has 6 nitrogen and oxygen atoms in total. The van der Waals surface area contributed by atoms with E-state index in [1.165, 1.54) is 23.5 Å². The van der Waals surface area contributed by atoms with E-state index >= 15 is 0 Å². The van der Waals surface area contributed by atoms with Crippen molar-refractivity contribution in [2.45, 2.75) is 19.8 Å². The molecular formula is C10H16N2O4S2. The van der Waals surface area contributed by atoms with Crippen molar-refractivity contribution in [1.82, 2.24) is 4.31 Å². The van der Waals surface area contributed by atoms with Crippen LogP contribution in [0.1, 0.15) is 29.4 Å². The van der Waals surface area contributed by atoms with Gasteiger partial charge < -0.3 is 5.11 Å². The quantitative estimate of drug-likeness (QED) is 0.802. The fourth-order valence-corrected chi connectivity index (χ4v) is 3.14. The lowest BCUT2D eigenvalue weighted by Crippen LogP contribution is -2.33. The van der Waals surface area contributed by atoms with Crippen LogP contribution < -0.4 is 4.72 Å². The zero-order chi connectivity index (χ0) is 13.8. The van der Waals surface area contributed by atoms with Crippen LogP contribution >= 0.6 is 11.3 Å². The lowest BCUT2D eigenvalue weighted by molar-refractivity contribution is 0.0702. The number of nitrogens with zero attached hydrogens (tertiary/aromatic N) is 1. The van der Waals surface area contributed by atoms with Crippen molar-refractivity contribution in [1.29, 1.82) is 0 Å². The van der Waals surface area contributed by atoms with Gasteiger partial charge in [0, 0.05) is 13.6 Å². The molecule has 0 radical (unpaired) electrons. The summed E-state index contributed by atoms with van der Waals surface area (Å²) < 4.78 is 27.3. The molecule has 102 valence electrons. The number of hydrogen-bond donors (Lipinski definition) is 2. The Balaban J connectivity index is 2.72. The van der Waals surface area contributed by atoms with E-state index in [1.807, 2.05) is 6.92 Å². The van der Waals surface area contributed by atoms with Gasteiger partial charge in [0.1, 0.15) is 9.88 Å². The summed E-state index contributed by atoms with van der Waals surface area (Å²) in [4.78, 5) is 10.8. The molecule has 0 amide bonds. The van der Waals surface area contributed by atoms with Gasteiger partial charge in [0.15, 0.2) is 0 Å². The highest BCUT2D eigenvalue weighted by Crippen LogP contribution is 2.23. The van der Waals surface area contributed by atoms with Gasteiger partial charge in [0.25, 0.3) is 0 Å². The Morgan fingerprint density at radius 1 is 1.50 bits per heavy atom. The normalized spacial score (nSPS) is 11.7. The fraction of sp³-hybridized carbons (Fsp3) is 0.500. The Morgan fingerprint density at radius 2 is 2.17 bits per heavy atom. The maximum Gasteiger partial charge on any atom is 0.345 e. The molecule has 8 heteroatoms. The molecule has 0 aliphatic heterocycles. The standard InChI is InChI=1S/C10H16N2O4S2/c1-3-4-7-12(2)18(15,16)11-9-6-5-8(17-9)10(13)14/h5-6,11H,3-4,7H2,1-2H3,(H,13,14). The summed E-state index contributed by atoms with van der Waals surface area (Å²) in [7, 11) is -2.11. The first kappa shape index (κ1) is 14.9. The molecule has 2 N–H and O–H groups in total. The molecule has 1 rings (SSSR count). The number of carboxylic acids is 1. The van der Waals surface area contributed by atoms with Crippen molar-refractivity contribution in [3.63, 3.8) is 0 Å². The largest absolute Gasteiger partial charge is 0.477 e. The summed E-state index contributed by atoms with van der Waals surface area (Å²) in [6.45, 7) is 2.41. The second kappa shape index (κ2) is 6.17. The lowest BCUT2D eigenvalue weighted by Gasteiger charge is -2.16. The maximum absolute atomic E-state index is 11.9. The predicted octanol–water partition coefficient (Wildman–Crippen LogP) is 1.83. The van der Waals surface area contributed by atoms with Crippen LogP contribution in [0.3, 0.4) is 0 Å². The Morgan fingerprint density at radius 3 is 2.67 bits per heavy atom. The van der Waals surface area contributed by atoms with E-state index in [1.54, 1.807) is 0 Å². The lowest BCUT2D eigenvalue weighted by atomic mass is 10.3. The van der Waals surface area contributed by atoms with Gasteiger partial charge in [0.2, 0.25) is 0 Å². The summed E-state index contributed by atoms with van der Waals surface area (Å²) in [5.74, 6) is -1.07.